The third-order valence-corrected chi connectivity index (χ3v) is 7.75. The van der Waals surface area contributed by atoms with Crippen LogP contribution in [0.3, 0.4) is 0 Å². The molecule has 2 aliphatic rings. The van der Waals surface area contributed by atoms with Gasteiger partial charge in [0, 0.05) is 24.1 Å². The van der Waals surface area contributed by atoms with Gasteiger partial charge in [-0.3, -0.25) is 9.69 Å². The first-order valence-electron chi connectivity index (χ1n) is 10.1. The van der Waals surface area contributed by atoms with Gasteiger partial charge in [-0.2, -0.15) is 0 Å². The third kappa shape index (κ3) is 3.56. The molecular formula is C25H21N3OS2. The van der Waals surface area contributed by atoms with Gasteiger partial charge in [0.2, 0.25) is 0 Å². The number of hydrogen-bond acceptors (Lipinski definition) is 5. The van der Waals surface area contributed by atoms with Crippen molar-refractivity contribution in [2.45, 2.75) is 11.8 Å². The number of likely N-dealkylation sites (N-methyl/N-ethyl adjacent to an activating group) is 1. The van der Waals surface area contributed by atoms with E-state index in [1.54, 1.807) is 16.7 Å². The van der Waals surface area contributed by atoms with Crippen molar-refractivity contribution in [1.29, 1.82) is 0 Å². The molecule has 0 aliphatic carbocycles. The topological polar surface area (TPSA) is 35.9 Å². The normalized spacial score (nSPS) is 19.4. The number of amides is 1. The highest BCUT2D eigenvalue weighted by atomic mass is 32.2. The van der Waals surface area contributed by atoms with Crippen molar-refractivity contribution < 1.29 is 4.79 Å². The average molecular weight is 444 g/mol. The van der Waals surface area contributed by atoms with E-state index in [9.17, 15) is 4.79 Å². The van der Waals surface area contributed by atoms with Crippen LogP contribution < -0.4 is 4.90 Å². The number of nitrogens with zero attached hydrogens (tertiary/aromatic N) is 3. The van der Waals surface area contributed by atoms with E-state index < -0.39 is 0 Å². The Morgan fingerprint density at radius 3 is 2.35 bits per heavy atom. The molecule has 154 valence electrons. The maximum absolute atomic E-state index is 13.3. The number of carbonyl (C=O) groups excluding carboxylic acids is 1. The van der Waals surface area contributed by atoms with Crippen LogP contribution in [-0.4, -0.2) is 29.6 Å². The number of anilines is 1. The van der Waals surface area contributed by atoms with Gasteiger partial charge in [0.1, 0.15) is 4.91 Å². The molecule has 0 aromatic heterocycles. The molecule has 5 rings (SSSR count). The van der Waals surface area contributed by atoms with E-state index in [0.717, 1.165) is 37.6 Å². The fourth-order valence-electron chi connectivity index (χ4n) is 3.73. The molecule has 3 aromatic rings. The molecule has 0 radical (unpaired) electrons. The van der Waals surface area contributed by atoms with E-state index in [2.05, 4.69) is 35.2 Å². The van der Waals surface area contributed by atoms with Crippen molar-refractivity contribution >= 4 is 46.0 Å². The van der Waals surface area contributed by atoms with Crippen LogP contribution in [0.25, 0.3) is 11.1 Å². The van der Waals surface area contributed by atoms with Crippen molar-refractivity contribution in [1.82, 2.24) is 4.90 Å². The second-order valence-electron chi connectivity index (χ2n) is 7.19. The van der Waals surface area contributed by atoms with Crippen molar-refractivity contribution in [2.75, 3.05) is 18.5 Å². The second kappa shape index (κ2) is 8.29. The first-order valence-corrected chi connectivity index (χ1v) is 11.8. The Bertz CT molecular complexity index is 1220. The molecule has 0 unspecified atom stereocenters. The number of fused-ring (bicyclic) bond motifs is 1. The Morgan fingerprint density at radius 1 is 0.871 bits per heavy atom. The smallest absolute Gasteiger partial charge is 0.269 e. The van der Waals surface area contributed by atoms with Gasteiger partial charge in [-0.1, -0.05) is 72.4 Å². The third-order valence-electron chi connectivity index (χ3n) is 5.32. The summed E-state index contributed by atoms with van der Waals surface area (Å²) in [5, 5.41) is 1.69. The molecule has 3 aromatic carbocycles. The zero-order chi connectivity index (χ0) is 21.4. The SMILES string of the molecule is CCN1C(=O)/C(=C2/Sc3ccccc3N2C)SC1=Nc1ccccc1-c1ccccc1. The number of carbonyl (C=O) groups is 1. The minimum Gasteiger partial charge on any atom is -0.337 e. The van der Waals surface area contributed by atoms with Crippen LogP contribution >= 0.6 is 23.5 Å². The lowest BCUT2D eigenvalue weighted by atomic mass is 10.0. The van der Waals surface area contributed by atoms with E-state index in [4.69, 9.17) is 4.99 Å². The summed E-state index contributed by atoms with van der Waals surface area (Å²) in [5.74, 6) is 0.0191. The maximum atomic E-state index is 13.3. The maximum Gasteiger partial charge on any atom is 0.269 e. The lowest BCUT2D eigenvalue weighted by Gasteiger charge is -2.15. The predicted octanol–water partition coefficient (Wildman–Crippen LogP) is 6.35. The van der Waals surface area contributed by atoms with Crippen molar-refractivity contribution in [2.24, 2.45) is 4.99 Å². The molecule has 1 amide bonds. The number of thioether (sulfide) groups is 2. The lowest BCUT2D eigenvalue weighted by molar-refractivity contribution is -0.122. The number of para-hydroxylation sites is 2. The Labute approximate surface area is 190 Å². The zero-order valence-corrected chi connectivity index (χ0v) is 18.9. The van der Waals surface area contributed by atoms with Gasteiger partial charge < -0.3 is 4.90 Å². The molecule has 4 nitrogen and oxygen atoms in total. The lowest BCUT2D eigenvalue weighted by Crippen LogP contribution is -2.29. The largest absolute Gasteiger partial charge is 0.337 e. The molecule has 2 aliphatic heterocycles. The minimum absolute atomic E-state index is 0.0191. The summed E-state index contributed by atoms with van der Waals surface area (Å²) in [6, 6.07) is 26.5. The van der Waals surface area contributed by atoms with Crippen LogP contribution in [0.2, 0.25) is 0 Å². The van der Waals surface area contributed by atoms with Crippen molar-refractivity contribution in [3.8, 4) is 11.1 Å². The van der Waals surface area contributed by atoms with Gasteiger partial charge in [0.15, 0.2) is 5.17 Å². The van der Waals surface area contributed by atoms with Crippen LogP contribution in [0, 0.1) is 0 Å². The summed E-state index contributed by atoms with van der Waals surface area (Å²) < 4.78 is 0. The molecule has 31 heavy (non-hydrogen) atoms. The van der Waals surface area contributed by atoms with Crippen LogP contribution in [0.5, 0.6) is 0 Å². The summed E-state index contributed by atoms with van der Waals surface area (Å²) in [6.45, 7) is 2.57. The van der Waals surface area contributed by atoms with E-state index >= 15 is 0 Å². The van der Waals surface area contributed by atoms with Crippen LogP contribution in [-0.2, 0) is 4.79 Å². The predicted molar refractivity (Wildman–Crippen MR) is 132 cm³/mol. The van der Waals surface area contributed by atoms with Gasteiger partial charge in [-0.05, 0) is 42.4 Å². The standard InChI is InChI=1S/C25H21N3OS2/c1-3-28-23(29)22(24-27(2)20-15-9-10-16-21(20)30-24)31-25(28)26-19-14-8-7-13-18(19)17-11-5-4-6-12-17/h4-16H,3H2,1-2H3/b24-22-,26-25?. The van der Waals surface area contributed by atoms with E-state index in [0.29, 0.717) is 6.54 Å². The molecular weight excluding hydrogens is 422 g/mol. The molecule has 0 saturated carbocycles. The summed E-state index contributed by atoms with van der Waals surface area (Å²) in [5.41, 5.74) is 4.16. The molecule has 2 heterocycles. The summed E-state index contributed by atoms with van der Waals surface area (Å²) in [4.78, 5) is 24.0. The summed E-state index contributed by atoms with van der Waals surface area (Å²) >= 11 is 3.11. The van der Waals surface area contributed by atoms with Gasteiger partial charge >= 0.3 is 0 Å². The molecule has 0 atom stereocenters. The number of amidine groups is 1. The molecule has 6 heteroatoms. The molecule has 0 bridgehead atoms. The first kappa shape index (κ1) is 20.0. The van der Waals surface area contributed by atoms with Crippen LogP contribution in [0.4, 0.5) is 11.4 Å². The average Bonchev–Trinajstić information content (AvgIpc) is 3.31. The zero-order valence-electron chi connectivity index (χ0n) is 17.3. The van der Waals surface area contributed by atoms with Crippen LogP contribution in [0.15, 0.2) is 98.7 Å². The number of rotatable bonds is 3. The Kier molecular flexibility index (Phi) is 5.34. The second-order valence-corrected chi connectivity index (χ2v) is 9.20. The van der Waals surface area contributed by atoms with E-state index in [-0.39, 0.29) is 5.91 Å². The number of aliphatic imine (C=N–C) groups is 1. The van der Waals surface area contributed by atoms with E-state index in [1.807, 2.05) is 62.5 Å². The van der Waals surface area contributed by atoms with Crippen molar-refractivity contribution in [3.63, 3.8) is 0 Å². The fourth-order valence-corrected chi connectivity index (χ4v) is 6.13. The Hall–Kier alpha value is -2.96. The highest BCUT2D eigenvalue weighted by Gasteiger charge is 2.38. The van der Waals surface area contributed by atoms with Crippen LogP contribution in [0.1, 0.15) is 6.92 Å². The Balaban J connectivity index is 1.55. The van der Waals surface area contributed by atoms with Crippen molar-refractivity contribution in [3.05, 3.63) is 88.8 Å². The quantitative estimate of drug-likeness (QED) is 0.442. The van der Waals surface area contributed by atoms with Gasteiger partial charge in [-0.25, -0.2) is 4.99 Å². The Morgan fingerprint density at radius 2 is 1.58 bits per heavy atom. The first-order chi connectivity index (χ1) is 15.2. The highest BCUT2D eigenvalue weighted by molar-refractivity contribution is 8.19. The van der Waals surface area contributed by atoms with Gasteiger partial charge in [-0.15, -0.1) is 0 Å². The monoisotopic (exact) mass is 443 g/mol. The number of hydrogen-bond donors (Lipinski definition) is 0. The summed E-state index contributed by atoms with van der Waals surface area (Å²) in [6.07, 6.45) is 0. The summed E-state index contributed by atoms with van der Waals surface area (Å²) in [7, 11) is 2.02. The molecule has 0 N–H and O–H groups in total. The number of benzene rings is 3. The minimum atomic E-state index is 0.0191. The molecule has 1 fully saturated rings. The molecule has 0 spiro atoms. The molecule has 1 saturated heterocycles. The van der Waals surface area contributed by atoms with Gasteiger partial charge in [0.25, 0.3) is 5.91 Å². The van der Waals surface area contributed by atoms with Gasteiger partial charge in [0.05, 0.1) is 16.4 Å². The highest BCUT2D eigenvalue weighted by Crippen LogP contribution is 2.50. The fraction of sp³-hybridized carbons (Fsp3) is 0.120. The van der Waals surface area contributed by atoms with E-state index in [1.165, 1.54) is 16.7 Å².